The molecule has 7 nitrogen and oxygen atoms in total. The summed E-state index contributed by atoms with van der Waals surface area (Å²) >= 11 is 0. The Morgan fingerprint density at radius 3 is 2.21 bits per heavy atom. The molecule has 0 bridgehead atoms. The molecular weight excluding hydrogens is 354 g/mol. The third-order valence-electron chi connectivity index (χ3n) is 5.14. The molecule has 0 saturated carbocycles. The number of ether oxygens (including phenoxy) is 1. The zero-order valence-electron chi connectivity index (χ0n) is 17.2. The largest absolute Gasteiger partial charge is 0.497 e. The first-order valence-electron chi connectivity index (χ1n) is 9.84. The highest BCUT2D eigenvalue weighted by Crippen LogP contribution is 2.22. The Bertz CT molecular complexity index is 797. The number of carbonyl (C=O) groups is 1. The van der Waals surface area contributed by atoms with Crippen LogP contribution in [0.25, 0.3) is 0 Å². The zero-order valence-corrected chi connectivity index (χ0v) is 17.2. The Hall–Kier alpha value is -2.83. The van der Waals surface area contributed by atoms with Crippen LogP contribution in [0.3, 0.4) is 0 Å². The van der Waals surface area contributed by atoms with Crippen molar-refractivity contribution in [3.05, 3.63) is 41.9 Å². The van der Waals surface area contributed by atoms with Crippen molar-refractivity contribution >= 4 is 17.4 Å². The van der Waals surface area contributed by atoms with E-state index in [0.717, 1.165) is 37.7 Å². The molecule has 2 aromatic rings. The van der Waals surface area contributed by atoms with Gasteiger partial charge in [-0.1, -0.05) is 0 Å². The molecule has 7 heteroatoms. The van der Waals surface area contributed by atoms with Gasteiger partial charge in [0.05, 0.1) is 7.11 Å². The van der Waals surface area contributed by atoms with Crippen molar-refractivity contribution in [3.63, 3.8) is 0 Å². The first-order valence-corrected chi connectivity index (χ1v) is 9.84. The quantitative estimate of drug-likeness (QED) is 0.764. The minimum atomic E-state index is -0.0337. The summed E-state index contributed by atoms with van der Waals surface area (Å²) in [6, 6.07) is 9.98. The van der Waals surface area contributed by atoms with Crippen LogP contribution in [0.5, 0.6) is 5.75 Å². The monoisotopic (exact) mass is 383 g/mol. The summed E-state index contributed by atoms with van der Waals surface area (Å²) in [6.07, 6.45) is 0. The fraction of sp³-hybridized carbons (Fsp3) is 0.476. The van der Waals surface area contributed by atoms with E-state index < -0.39 is 0 Å². The van der Waals surface area contributed by atoms with Gasteiger partial charge in [-0.25, -0.2) is 9.97 Å². The topological polar surface area (TPSA) is 61.8 Å². The standard InChI is InChI=1S/C21H29N5O2/c1-5-24(6-2)21(27)19-15-20(23-16(3)22-19)26-13-11-25(12-14-26)17-7-9-18(28-4)10-8-17/h7-10,15H,5-6,11-14H2,1-4H3. The van der Waals surface area contributed by atoms with Gasteiger partial charge in [0.2, 0.25) is 0 Å². The molecule has 0 N–H and O–H groups in total. The van der Waals surface area contributed by atoms with Gasteiger partial charge in [0.1, 0.15) is 23.1 Å². The van der Waals surface area contributed by atoms with Crippen LogP contribution in [0.1, 0.15) is 30.2 Å². The molecule has 1 aliphatic heterocycles. The Kier molecular flexibility index (Phi) is 6.34. The fourth-order valence-corrected chi connectivity index (χ4v) is 3.48. The van der Waals surface area contributed by atoms with E-state index in [-0.39, 0.29) is 5.91 Å². The number of carbonyl (C=O) groups excluding carboxylic acids is 1. The van der Waals surface area contributed by atoms with Gasteiger partial charge >= 0.3 is 0 Å². The number of benzene rings is 1. The number of amides is 1. The third-order valence-corrected chi connectivity index (χ3v) is 5.14. The van der Waals surface area contributed by atoms with Crippen LogP contribution < -0.4 is 14.5 Å². The highest BCUT2D eigenvalue weighted by molar-refractivity contribution is 5.93. The molecule has 150 valence electrons. The number of piperazine rings is 1. The van der Waals surface area contributed by atoms with E-state index >= 15 is 0 Å². The van der Waals surface area contributed by atoms with E-state index in [1.165, 1.54) is 5.69 Å². The molecule has 0 unspecified atom stereocenters. The minimum Gasteiger partial charge on any atom is -0.497 e. The van der Waals surface area contributed by atoms with E-state index in [2.05, 4.69) is 31.9 Å². The minimum absolute atomic E-state index is 0.0337. The number of anilines is 2. The Morgan fingerprint density at radius 1 is 1.04 bits per heavy atom. The number of aromatic nitrogens is 2. The maximum absolute atomic E-state index is 12.7. The maximum atomic E-state index is 12.7. The molecule has 1 aromatic carbocycles. The van der Waals surface area contributed by atoms with E-state index in [9.17, 15) is 4.79 Å². The number of hydrogen-bond acceptors (Lipinski definition) is 6. The summed E-state index contributed by atoms with van der Waals surface area (Å²) in [6.45, 7) is 10.6. The van der Waals surface area contributed by atoms with Crippen LogP contribution in [0.4, 0.5) is 11.5 Å². The van der Waals surface area contributed by atoms with Crippen molar-refractivity contribution in [1.29, 1.82) is 0 Å². The summed E-state index contributed by atoms with van der Waals surface area (Å²) in [5.74, 6) is 2.29. The molecule has 2 heterocycles. The maximum Gasteiger partial charge on any atom is 0.272 e. The summed E-state index contributed by atoms with van der Waals surface area (Å²) in [4.78, 5) is 28.0. The lowest BCUT2D eigenvalue weighted by molar-refractivity contribution is 0.0766. The lowest BCUT2D eigenvalue weighted by Crippen LogP contribution is -2.47. The lowest BCUT2D eigenvalue weighted by Gasteiger charge is -2.37. The molecule has 0 atom stereocenters. The van der Waals surface area contributed by atoms with Crippen molar-refractivity contribution in [2.75, 3.05) is 56.2 Å². The van der Waals surface area contributed by atoms with Gasteiger partial charge in [0.15, 0.2) is 0 Å². The van der Waals surface area contributed by atoms with Crippen molar-refractivity contribution in [2.45, 2.75) is 20.8 Å². The summed E-state index contributed by atoms with van der Waals surface area (Å²) in [7, 11) is 1.68. The van der Waals surface area contributed by atoms with Gasteiger partial charge in [-0.3, -0.25) is 4.79 Å². The SMILES string of the molecule is CCN(CC)C(=O)c1cc(N2CCN(c3ccc(OC)cc3)CC2)nc(C)n1. The Labute approximate surface area is 166 Å². The molecule has 28 heavy (non-hydrogen) atoms. The van der Waals surface area contributed by atoms with Crippen LogP contribution in [-0.2, 0) is 0 Å². The highest BCUT2D eigenvalue weighted by Gasteiger charge is 2.22. The van der Waals surface area contributed by atoms with Crippen molar-refractivity contribution in [1.82, 2.24) is 14.9 Å². The summed E-state index contributed by atoms with van der Waals surface area (Å²) < 4.78 is 5.23. The summed E-state index contributed by atoms with van der Waals surface area (Å²) in [5, 5.41) is 0. The number of hydrogen-bond donors (Lipinski definition) is 0. The number of nitrogens with zero attached hydrogens (tertiary/aromatic N) is 5. The van der Waals surface area contributed by atoms with E-state index in [1.807, 2.05) is 39.0 Å². The van der Waals surface area contributed by atoms with Crippen LogP contribution in [-0.4, -0.2) is 67.2 Å². The molecule has 1 amide bonds. The average Bonchev–Trinajstić information content (AvgIpc) is 2.74. The number of methoxy groups -OCH3 is 1. The second-order valence-corrected chi connectivity index (χ2v) is 6.81. The number of rotatable bonds is 6. The van der Waals surface area contributed by atoms with Crippen LogP contribution in [0.2, 0.25) is 0 Å². The zero-order chi connectivity index (χ0) is 20.1. The predicted octanol–water partition coefficient (Wildman–Crippen LogP) is 2.60. The molecule has 1 saturated heterocycles. The first-order chi connectivity index (χ1) is 13.5. The van der Waals surface area contributed by atoms with Gasteiger partial charge < -0.3 is 19.4 Å². The lowest BCUT2D eigenvalue weighted by atomic mass is 10.2. The van der Waals surface area contributed by atoms with Gasteiger partial charge in [0, 0.05) is 51.0 Å². The van der Waals surface area contributed by atoms with Gasteiger partial charge in [-0.15, -0.1) is 0 Å². The first kappa shape index (κ1) is 19.9. The smallest absolute Gasteiger partial charge is 0.272 e. The normalized spacial score (nSPS) is 14.1. The molecule has 1 aliphatic rings. The molecule has 3 rings (SSSR count). The van der Waals surface area contributed by atoms with Gasteiger partial charge in [0.25, 0.3) is 5.91 Å². The number of aryl methyl sites for hydroxylation is 1. The Balaban J connectivity index is 1.70. The van der Waals surface area contributed by atoms with Crippen LogP contribution in [0, 0.1) is 6.92 Å². The second-order valence-electron chi connectivity index (χ2n) is 6.81. The third kappa shape index (κ3) is 4.35. The van der Waals surface area contributed by atoms with Crippen molar-refractivity contribution in [2.24, 2.45) is 0 Å². The predicted molar refractivity (Wildman–Crippen MR) is 111 cm³/mol. The fourth-order valence-electron chi connectivity index (χ4n) is 3.48. The van der Waals surface area contributed by atoms with E-state index in [1.54, 1.807) is 12.0 Å². The van der Waals surface area contributed by atoms with E-state index in [4.69, 9.17) is 4.74 Å². The highest BCUT2D eigenvalue weighted by atomic mass is 16.5. The van der Waals surface area contributed by atoms with Crippen molar-refractivity contribution < 1.29 is 9.53 Å². The molecule has 0 radical (unpaired) electrons. The molecule has 0 spiro atoms. The molecule has 1 fully saturated rings. The van der Waals surface area contributed by atoms with Crippen molar-refractivity contribution in [3.8, 4) is 5.75 Å². The molecular formula is C21H29N5O2. The van der Waals surface area contributed by atoms with Gasteiger partial charge in [-0.05, 0) is 45.0 Å². The average molecular weight is 383 g/mol. The molecule has 1 aromatic heterocycles. The van der Waals surface area contributed by atoms with Crippen LogP contribution in [0.15, 0.2) is 30.3 Å². The second kappa shape index (κ2) is 8.91. The molecule has 0 aliphatic carbocycles. The van der Waals surface area contributed by atoms with E-state index in [0.29, 0.717) is 24.6 Å². The van der Waals surface area contributed by atoms with Crippen LogP contribution >= 0.6 is 0 Å². The van der Waals surface area contributed by atoms with Gasteiger partial charge in [-0.2, -0.15) is 0 Å². The summed E-state index contributed by atoms with van der Waals surface area (Å²) in [5.41, 5.74) is 1.67. The Morgan fingerprint density at radius 2 is 1.64 bits per heavy atom.